The van der Waals surface area contributed by atoms with Gasteiger partial charge < -0.3 is 20.9 Å². The zero-order valence-electron chi connectivity index (χ0n) is 17.1. The zero-order valence-corrected chi connectivity index (χ0v) is 17.1. The Morgan fingerprint density at radius 3 is 2.17 bits per heavy atom. The summed E-state index contributed by atoms with van der Waals surface area (Å²) in [6.45, 7) is 4.00. The Bertz CT molecular complexity index is 984. The van der Waals surface area contributed by atoms with E-state index < -0.39 is 0 Å². The van der Waals surface area contributed by atoms with Crippen LogP contribution in [0.3, 0.4) is 0 Å². The second-order valence-electron chi connectivity index (χ2n) is 7.35. The number of carbonyl (C=O) groups excluding carboxylic acids is 1. The van der Waals surface area contributed by atoms with Crippen molar-refractivity contribution in [3.63, 3.8) is 0 Å². The van der Waals surface area contributed by atoms with Crippen molar-refractivity contribution in [2.24, 2.45) is 0 Å². The van der Waals surface area contributed by atoms with E-state index in [0.717, 1.165) is 41.9 Å². The van der Waals surface area contributed by atoms with E-state index in [-0.39, 0.29) is 6.03 Å². The molecule has 0 bridgehead atoms. The molecule has 1 aromatic heterocycles. The number of urea groups is 1. The van der Waals surface area contributed by atoms with E-state index in [0.29, 0.717) is 5.69 Å². The maximum Gasteiger partial charge on any atom is 0.323 e. The lowest BCUT2D eigenvalue weighted by molar-refractivity contribution is 0.262. The average Bonchev–Trinajstić information content (AvgIpc) is 2.76. The van der Waals surface area contributed by atoms with Gasteiger partial charge in [-0.1, -0.05) is 18.2 Å². The van der Waals surface area contributed by atoms with Crippen LogP contribution in [0, 0.1) is 6.92 Å². The fourth-order valence-electron chi connectivity index (χ4n) is 3.50. The molecule has 2 aromatic carbocycles. The Balaban J connectivity index is 1.38. The molecule has 0 saturated carbocycles. The van der Waals surface area contributed by atoms with E-state index >= 15 is 0 Å². The third-order valence-corrected chi connectivity index (χ3v) is 4.95. The molecule has 1 saturated heterocycles. The second-order valence-corrected chi connectivity index (χ2v) is 7.35. The SMILES string of the molecule is Cc1nc(Nc2ccc(NC(=O)Nc3ccccc3)cc2)cc(N2CCCCC2)n1. The number of para-hydroxylation sites is 1. The lowest BCUT2D eigenvalue weighted by atomic mass is 10.1. The van der Waals surface area contributed by atoms with Crippen molar-refractivity contribution in [1.29, 1.82) is 0 Å². The molecule has 0 radical (unpaired) electrons. The largest absolute Gasteiger partial charge is 0.356 e. The van der Waals surface area contributed by atoms with Crippen molar-refractivity contribution in [3.8, 4) is 0 Å². The topological polar surface area (TPSA) is 82.2 Å². The highest BCUT2D eigenvalue weighted by Crippen LogP contribution is 2.23. The molecule has 3 N–H and O–H groups in total. The molecule has 0 aliphatic carbocycles. The Kier molecular flexibility index (Phi) is 6.08. The van der Waals surface area contributed by atoms with E-state index in [9.17, 15) is 4.79 Å². The first-order valence-electron chi connectivity index (χ1n) is 10.3. The quantitative estimate of drug-likeness (QED) is 0.549. The Hall–Kier alpha value is -3.61. The number of amides is 2. The first-order chi connectivity index (χ1) is 14.7. The number of anilines is 5. The molecule has 7 heteroatoms. The fraction of sp³-hybridized carbons (Fsp3) is 0.261. The average molecular weight is 403 g/mol. The molecule has 1 fully saturated rings. The highest BCUT2D eigenvalue weighted by atomic mass is 16.2. The van der Waals surface area contributed by atoms with Crippen LogP contribution in [-0.4, -0.2) is 29.1 Å². The van der Waals surface area contributed by atoms with E-state index in [1.165, 1.54) is 19.3 Å². The van der Waals surface area contributed by atoms with Crippen LogP contribution in [0.15, 0.2) is 60.7 Å². The summed E-state index contributed by atoms with van der Waals surface area (Å²) in [6, 6.07) is 18.6. The Morgan fingerprint density at radius 2 is 1.47 bits per heavy atom. The minimum atomic E-state index is -0.278. The number of aryl methyl sites for hydroxylation is 1. The predicted molar refractivity (Wildman–Crippen MR) is 122 cm³/mol. The van der Waals surface area contributed by atoms with Gasteiger partial charge in [0.2, 0.25) is 0 Å². The number of carbonyl (C=O) groups is 1. The van der Waals surface area contributed by atoms with Crippen molar-refractivity contribution in [2.45, 2.75) is 26.2 Å². The maximum atomic E-state index is 12.1. The number of nitrogens with zero attached hydrogens (tertiary/aromatic N) is 3. The Labute approximate surface area is 176 Å². The standard InChI is InChI=1S/C23H26N6O/c1-17-24-21(16-22(25-17)29-14-6-3-7-15-29)26-19-10-12-20(13-11-19)28-23(30)27-18-8-4-2-5-9-18/h2,4-5,8-13,16H,3,6-7,14-15H2,1H3,(H,24,25,26)(H2,27,28,30). The molecule has 154 valence electrons. The van der Waals surface area contributed by atoms with Crippen LogP contribution >= 0.6 is 0 Å². The summed E-state index contributed by atoms with van der Waals surface area (Å²) in [4.78, 5) is 23.6. The number of benzene rings is 2. The summed E-state index contributed by atoms with van der Waals surface area (Å²) < 4.78 is 0. The van der Waals surface area contributed by atoms with Gasteiger partial charge in [-0.3, -0.25) is 0 Å². The molecule has 2 amide bonds. The molecule has 0 spiro atoms. The second kappa shape index (κ2) is 9.26. The van der Waals surface area contributed by atoms with Crippen LogP contribution in [0.1, 0.15) is 25.1 Å². The molecule has 2 heterocycles. The van der Waals surface area contributed by atoms with Crippen LogP contribution in [-0.2, 0) is 0 Å². The molecule has 1 aliphatic heterocycles. The molecule has 30 heavy (non-hydrogen) atoms. The van der Waals surface area contributed by atoms with Gasteiger partial charge in [0.05, 0.1) is 0 Å². The Morgan fingerprint density at radius 1 is 0.833 bits per heavy atom. The summed E-state index contributed by atoms with van der Waals surface area (Å²) in [5.41, 5.74) is 2.35. The van der Waals surface area contributed by atoms with E-state index in [2.05, 4.69) is 30.8 Å². The van der Waals surface area contributed by atoms with E-state index in [1.54, 1.807) is 0 Å². The van der Waals surface area contributed by atoms with Crippen LogP contribution < -0.4 is 20.9 Å². The molecule has 0 unspecified atom stereocenters. The number of hydrogen-bond acceptors (Lipinski definition) is 5. The minimum Gasteiger partial charge on any atom is -0.356 e. The van der Waals surface area contributed by atoms with Crippen molar-refractivity contribution in [2.75, 3.05) is 33.9 Å². The van der Waals surface area contributed by atoms with Gasteiger partial charge in [0, 0.05) is 36.2 Å². The minimum absolute atomic E-state index is 0.278. The number of nitrogens with one attached hydrogen (secondary N) is 3. The molecule has 3 aromatic rings. The normalized spacial score (nSPS) is 13.6. The first-order valence-corrected chi connectivity index (χ1v) is 10.3. The van der Waals surface area contributed by atoms with Crippen LogP contribution in [0.5, 0.6) is 0 Å². The lowest BCUT2D eigenvalue weighted by Crippen LogP contribution is -2.30. The van der Waals surface area contributed by atoms with Gasteiger partial charge in [-0.05, 0) is 62.6 Å². The molecule has 7 nitrogen and oxygen atoms in total. The van der Waals surface area contributed by atoms with Gasteiger partial charge in [-0.2, -0.15) is 0 Å². The number of aromatic nitrogens is 2. The van der Waals surface area contributed by atoms with Gasteiger partial charge in [0.1, 0.15) is 17.5 Å². The molecule has 0 atom stereocenters. The highest BCUT2D eigenvalue weighted by molar-refractivity contribution is 5.99. The predicted octanol–water partition coefficient (Wildman–Crippen LogP) is 5.16. The van der Waals surface area contributed by atoms with E-state index in [1.807, 2.05) is 67.6 Å². The number of rotatable bonds is 5. The summed E-state index contributed by atoms with van der Waals surface area (Å²) in [5, 5.41) is 8.97. The molecule has 4 rings (SSSR count). The van der Waals surface area contributed by atoms with Crippen molar-refractivity contribution >= 4 is 34.7 Å². The van der Waals surface area contributed by atoms with Crippen molar-refractivity contribution < 1.29 is 4.79 Å². The lowest BCUT2D eigenvalue weighted by Gasteiger charge is -2.28. The highest BCUT2D eigenvalue weighted by Gasteiger charge is 2.14. The summed E-state index contributed by atoms with van der Waals surface area (Å²) in [7, 11) is 0. The van der Waals surface area contributed by atoms with Crippen LogP contribution in [0.25, 0.3) is 0 Å². The third-order valence-electron chi connectivity index (χ3n) is 4.95. The van der Waals surface area contributed by atoms with Crippen LogP contribution in [0.2, 0.25) is 0 Å². The first kappa shape index (κ1) is 19.7. The maximum absolute atomic E-state index is 12.1. The van der Waals surface area contributed by atoms with Crippen molar-refractivity contribution in [1.82, 2.24) is 9.97 Å². The number of hydrogen-bond donors (Lipinski definition) is 3. The van der Waals surface area contributed by atoms with E-state index in [4.69, 9.17) is 0 Å². The van der Waals surface area contributed by atoms with Gasteiger partial charge >= 0.3 is 6.03 Å². The summed E-state index contributed by atoms with van der Waals surface area (Å²) >= 11 is 0. The molecular weight excluding hydrogens is 376 g/mol. The van der Waals surface area contributed by atoms with Gasteiger partial charge in [-0.15, -0.1) is 0 Å². The number of piperidine rings is 1. The summed E-state index contributed by atoms with van der Waals surface area (Å²) in [5.74, 6) is 2.49. The van der Waals surface area contributed by atoms with Gasteiger partial charge in [0.15, 0.2) is 0 Å². The smallest absolute Gasteiger partial charge is 0.323 e. The fourth-order valence-corrected chi connectivity index (χ4v) is 3.50. The van der Waals surface area contributed by atoms with Gasteiger partial charge in [0.25, 0.3) is 0 Å². The van der Waals surface area contributed by atoms with Gasteiger partial charge in [-0.25, -0.2) is 14.8 Å². The third kappa shape index (κ3) is 5.26. The molecular formula is C23H26N6O. The zero-order chi connectivity index (χ0) is 20.8. The summed E-state index contributed by atoms with van der Waals surface area (Å²) in [6.07, 6.45) is 3.70. The molecule has 1 aliphatic rings. The monoisotopic (exact) mass is 402 g/mol. The van der Waals surface area contributed by atoms with Crippen LogP contribution in [0.4, 0.5) is 33.5 Å². The van der Waals surface area contributed by atoms with Crippen molar-refractivity contribution in [3.05, 3.63) is 66.5 Å².